The van der Waals surface area contributed by atoms with Crippen LogP contribution in [0.4, 0.5) is 0 Å². The van der Waals surface area contributed by atoms with E-state index in [0.29, 0.717) is 17.5 Å². The Bertz CT molecular complexity index is 2550. The molecule has 7 nitrogen and oxygen atoms in total. The van der Waals surface area contributed by atoms with Crippen LogP contribution < -0.4 is 9.85 Å². The van der Waals surface area contributed by atoms with Crippen molar-refractivity contribution in [1.29, 1.82) is 0 Å². The highest BCUT2D eigenvalue weighted by atomic mass is 15.3. The molecule has 1 unspecified atom stereocenters. The Kier molecular flexibility index (Phi) is 7.05. The molecule has 49 heavy (non-hydrogen) atoms. The first-order chi connectivity index (χ1) is 24.3. The summed E-state index contributed by atoms with van der Waals surface area (Å²) in [5.74, 6) is 2.66. The van der Waals surface area contributed by atoms with Gasteiger partial charge in [0.25, 0.3) is 17.5 Å². The fraction of sp³-hybridized carbons (Fsp3) is 0.0238. The van der Waals surface area contributed by atoms with Gasteiger partial charge in [0.15, 0.2) is 23.0 Å². The topological polar surface area (TPSA) is 82.2 Å². The van der Waals surface area contributed by atoms with E-state index < -0.39 is 6.17 Å². The van der Waals surface area contributed by atoms with E-state index in [1.807, 2.05) is 114 Å². The molecule has 230 valence electrons. The number of hydrogen-bond acceptors (Lipinski definition) is 6. The number of para-hydroxylation sites is 1. The smallest absolute Gasteiger partial charge is 0.208 e. The minimum atomic E-state index is -0.413. The molecule has 0 fully saturated rings. The van der Waals surface area contributed by atoms with Crippen LogP contribution in [0.2, 0.25) is 0 Å². The number of rotatable bonds is 6. The highest BCUT2D eigenvalue weighted by Gasteiger charge is 2.26. The zero-order valence-corrected chi connectivity index (χ0v) is 26.3. The average Bonchev–Trinajstić information content (AvgIpc) is 3.65. The monoisotopic (exact) mass is 630 g/mol. The molecule has 1 atom stereocenters. The van der Waals surface area contributed by atoms with Crippen molar-refractivity contribution >= 4 is 10.9 Å². The molecule has 0 bridgehead atoms. The molecule has 9 rings (SSSR count). The standard InChI is InChI=1S/C42H28N7/c1-4-14-28(15-5-1)37-44-38(29-16-6-2-7-17-29)46-39(45-37)33-22-12-20-31(26-33)32-21-13-23-34(27-32)40-47-42-35-24-10-11-25-36(35)43-41(49(42)48-40)30-18-8-3-9-19-30/h1-27,40H/q+1. The van der Waals surface area contributed by atoms with E-state index in [-0.39, 0.29) is 0 Å². The second-order valence-electron chi connectivity index (χ2n) is 11.8. The lowest BCUT2D eigenvalue weighted by Gasteiger charge is -2.10. The predicted molar refractivity (Wildman–Crippen MR) is 191 cm³/mol. The van der Waals surface area contributed by atoms with Crippen LogP contribution in [0.25, 0.3) is 67.6 Å². The predicted octanol–water partition coefficient (Wildman–Crippen LogP) is 8.41. The summed E-state index contributed by atoms with van der Waals surface area (Å²) in [6.07, 6.45) is -0.413. The summed E-state index contributed by atoms with van der Waals surface area (Å²) in [5.41, 5.74) is 8.56. The molecule has 2 aromatic heterocycles. The van der Waals surface area contributed by atoms with Gasteiger partial charge in [0.05, 0.1) is 10.9 Å². The minimum absolute atomic E-state index is 0.413. The summed E-state index contributed by atoms with van der Waals surface area (Å²) < 4.78 is 1.89. The van der Waals surface area contributed by atoms with Gasteiger partial charge >= 0.3 is 0 Å². The van der Waals surface area contributed by atoms with Gasteiger partial charge in [-0.1, -0.05) is 137 Å². The maximum atomic E-state index is 5.14. The van der Waals surface area contributed by atoms with Gasteiger partial charge in [-0.25, -0.2) is 15.0 Å². The first-order valence-electron chi connectivity index (χ1n) is 16.2. The largest absolute Gasteiger partial charge is 0.295 e. The molecule has 0 radical (unpaired) electrons. The molecule has 7 heteroatoms. The van der Waals surface area contributed by atoms with Gasteiger partial charge in [0.2, 0.25) is 0 Å². The fourth-order valence-corrected chi connectivity index (χ4v) is 6.19. The van der Waals surface area contributed by atoms with Gasteiger partial charge < -0.3 is 0 Å². The van der Waals surface area contributed by atoms with Crippen LogP contribution in [-0.4, -0.2) is 19.9 Å². The van der Waals surface area contributed by atoms with Crippen LogP contribution in [0.3, 0.4) is 0 Å². The summed E-state index contributed by atoms with van der Waals surface area (Å²) in [7, 11) is 0. The summed E-state index contributed by atoms with van der Waals surface area (Å²) in [5, 5.41) is 6.06. The van der Waals surface area contributed by atoms with E-state index in [9.17, 15) is 0 Å². The van der Waals surface area contributed by atoms with E-state index in [2.05, 4.69) is 54.6 Å². The van der Waals surface area contributed by atoms with Crippen molar-refractivity contribution in [1.82, 2.24) is 19.9 Å². The molecule has 0 spiro atoms. The van der Waals surface area contributed by atoms with Crippen molar-refractivity contribution in [2.24, 2.45) is 10.1 Å². The Labute approximate surface area is 282 Å². The van der Waals surface area contributed by atoms with Crippen molar-refractivity contribution < 1.29 is 4.36 Å². The van der Waals surface area contributed by atoms with Crippen LogP contribution >= 0.6 is 0 Å². The Balaban J connectivity index is 1.12. The molecule has 0 saturated heterocycles. The van der Waals surface area contributed by atoms with Crippen molar-refractivity contribution in [3.8, 4) is 56.7 Å². The highest BCUT2D eigenvalue weighted by Crippen LogP contribution is 2.31. The lowest BCUT2D eigenvalue weighted by Crippen LogP contribution is -2.38. The molecule has 1 aliphatic rings. The fourth-order valence-electron chi connectivity index (χ4n) is 6.19. The number of hydrogen-bond donors (Lipinski definition) is 0. The lowest BCUT2D eigenvalue weighted by molar-refractivity contribution is -0.549. The number of benzene rings is 6. The summed E-state index contributed by atoms with van der Waals surface area (Å²) >= 11 is 0. The number of fused-ring (bicyclic) bond motifs is 3. The molecular weight excluding hydrogens is 603 g/mol. The Morgan fingerprint density at radius 1 is 0.408 bits per heavy atom. The Morgan fingerprint density at radius 2 is 0.918 bits per heavy atom. The molecule has 0 N–H and O–H groups in total. The third kappa shape index (κ3) is 5.43. The van der Waals surface area contributed by atoms with E-state index in [4.69, 9.17) is 30.0 Å². The van der Waals surface area contributed by atoms with Crippen LogP contribution in [-0.2, 0) is 0 Å². The van der Waals surface area contributed by atoms with E-state index in [0.717, 1.165) is 61.2 Å². The molecule has 1 aliphatic heterocycles. The van der Waals surface area contributed by atoms with E-state index in [1.54, 1.807) is 0 Å². The molecule has 0 amide bonds. The van der Waals surface area contributed by atoms with Gasteiger partial charge in [-0.2, -0.15) is 0 Å². The Hall–Kier alpha value is -6.73. The minimum Gasteiger partial charge on any atom is -0.208 e. The molecule has 3 heterocycles. The average molecular weight is 631 g/mol. The van der Waals surface area contributed by atoms with E-state index in [1.165, 1.54) is 0 Å². The molecule has 0 saturated carbocycles. The number of aromatic nitrogens is 5. The van der Waals surface area contributed by atoms with Crippen LogP contribution in [0.5, 0.6) is 0 Å². The molecule has 6 aromatic carbocycles. The zero-order chi connectivity index (χ0) is 32.6. The van der Waals surface area contributed by atoms with E-state index >= 15 is 0 Å². The lowest BCUT2D eigenvalue weighted by atomic mass is 10.00. The van der Waals surface area contributed by atoms with Crippen molar-refractivity contribution in [3.63, 3.8) is 0 Å². The Morgan fingerprint density at radius 3 is 1.59 bits per heavy atom. The van der Waals surface area contributed by atoms with Gasteiger partial charge in [0, 0.05) is 22.3 Å². The SMILES string of the molecule is c1ccc(-c2nc(-c3ccccc3)nc(-c3cccc(-c4cccc(C5N=c6c7ccccc7nc(-c7ccccc7)[n+]6=N5)c4)c3)n2)cc1. The quantitative estimate of drug-likeness (QED) is 0.173. The number of nitrogens with zero attached hydrogens (tertiary/aromatic N) is 7. The van der Waals surface area contributed by atoms with Gasteiger partial charge in [0.1, 0.15) is 0 Å². The zero-order valence-electron chi connectivity index (χ0n) is 26.3. The molecule has 0 aliphatic carbocycles. The summed E-state index contributed by atoms with van der Waals surface area (Å²) in [4.78, 5) is 24.9. The van der Waals surface area contributed by atoms with Gasteiger partial charge in [-0.15, -0.1) is 9.98 Å². The van der Waals surface area contributed by atoms with Crippen LogP contribution in [0, 0.1) is 0 Å². The van der Waals surface area contributed by atoms with Crippen molar-refractivity contribution in [2.75, 3.05) is 0 Å². The van der Waals surface area contributed by atoms with Crippen molar-refractivity contribution in [2.45, 2.75) is 6.17 Å². The maximum Gasteiger partial charge on any atom is 0.295 e. The van der Waals surface area contributed by atoms with Crippen molar-refractivity contribution in [3.05, 3.63) is 175 Å². The van der Waals surface area contributed by atoms with Crippen LogP contribution in [0.15, 0.2) is 174 Å². The highest BCUT2D eigenvalue weighted by molar-refractivity contribution is 5.78. The first-order valence-corrected chi connectivity index (χ1v) is 16.2. The molecule has 8 aromatic rings. The normalized spacial score (nSPS) is 13.4. The summed E-state index contributed by atoms with van der Waals surface area (Å²) in [6.45, 7) is 0. The van der Waals surface area contributed by atoms with Gasteiger partial charge in [-0.3, -0.25) is 0 Å². The second kappa shape index (κ2) is 12.1. The first kappa shape index (κ1) is 28.5. The third-order valence-electron chi connectivity index (χ3n) is 8.61. The molecular formula is C42H28N7+. The van der Waals surface area contributed by atoms with Crippen LogP contribution in [0.1, 0.15) is 11.7 Å². The van der Waals surface area contributed by atoms with Gasteiger partial charge in [-0.05, 0) is 47.5 Å². The third-order valence-corrected chi connectivity index (χ3v) is 8.61. The second-order valence-corrected chi connectivity index (χ2v) is 11.8. The maximum absolute atomic E-state index is 5.14. The summed E-state index contributed by atoms with van der Waals surface area (Å²) in [6, 6.07) is 55.1.